The summed E-state index contributed by atoms with van der Waals surface area (Å²) in [6, 6.07) is 0.411. The Morgan fingerprint density at radius 3 is 2.33 bits per heavy atom. The average molecular weight is 212 g/mol. The van der Waals surface area contributed by atoms with Gasteiger partial charge in [0.1, 0.15) is 0 Å². The maximum Gasteiger partial charge on any atom is 0.223 e. The number of carbonyl (C=O) groups excluding carboxylic acids is 1. The van der Waals surface area contributed by atoms with Gasteiger partial charge in [0.2, 0.25) is 5.91 Å². The van der Waals surface area contributed by atoms with Gasteiger partial charge >= 0.3 is 0 Å². The number of rotatable bonds is 4. The van der Waals surface area contributed by atoms with Gasteiger partial charge in [0.25, 0.3) is 0 Å². The summed E-state index contributed by atoms with van der Waals surface area (Å²) in [4.78, 5) is 14.1. The lowest BCUT2D eigenvalue weighted by molar-refractivity contribution is -0.126. The molecule has 1 N–H and O–H groups in total. The van der Waals surface area contributed by atoms with E-state index in [4.69, 9.17) is 0 Å². The van der Waals surface area contributed by atoms with Crippen LogP contribution in [0.15, 0.2) is 0 Å². The van der Waals surface area contributed by atoms with Crippen LogP contribution >= 0.6 is 0 Å². The van der Waals surface area contributed by atoms with Crippen molar-refractivity contribution in [2.75, 3.05) is 20.1 Å². The zero-order valence-corrected chi connectivity index (χ0v) is 10.3. The Bertz CT molecular complexity index is 194. The molecule has 3 nitrogen and oxygen atoms in total. The Morgan fingerprint density at radius 1 is 1.33 bits per heavy atom. The maximum atomic E-state index is 11.8. The Morgan fingerprint density at radius 2 is 1.87 bits per heavy atom. The quantitative estimate of drug-likeness (QED) is 0.768. The second-order valence-corrected chi connectivity index (χ2v) is 4.60. The molecule has 0 aromatic heterocycles. The van der Waals surface area contributed by atoms with Crippen LogP contribution in [0.1, 0.15) is 39.5 Å². The summed E-state index contributed by atoms with van der Waals surface area (Å²) in [5.41, 5.74) is 0. The summed E-state index contributed by atoms with van der Waals surface area (Å²) in [5.74, 6) is 0.471. The molecule has 0 atom stereocenters. The van der Waals surface area contributed by atoms with Crippen LogP contribution in [0.3, 0.4) is 0 Å². The van der Waals surface area contributed by atoms with E-state index in [0.717, 1.165) is 38.8 Å². The topological polar surface area (TPSA) is 32.3 Å². The third-order valence-corrected chi connectivity index (χ3v) is 3.42. The van der Waals surface area contributed by atoms with Crippen molar-refractivity contribution in [1.82, 2.24) is 10.2 Å². The van der Waals surface area contributed by atoms with E-state index >= 15 is 0 Å². The van der Waals surface area contributed by atoms with Gasteiger partial charge in [-0.3, -0.25) is 4.79 Å². The van der Waals surface area contributed by atoms with Gasteiger partial charge < -0.3 is 10.2 Å². The van der Waals surface area contributed by atoms with Crippen LogP contribution in [0, 0.1) is 5.92 Å². The number of amides is 1. The minimum Gasteiger partial charge on any atom is -0.353 e. The van der Waals surface area contributed by atoms with Gasteiger partial charge in [-0.15, -0.1) is 0 Å². The average Bonchev–Trinajstić information content (AvgIpc) is 2.23. The third-order valence-electron chi connectivity index (χ3n) is 3.42. The lowest BCUT2D eigenvalue weighted by Crippen LogP contribution is -2.45. The zero-order valence-electron chi connectivity index (χ0n) is 10.3. The first-order valence-corrected chi connectivity index (χ1v) is 6.16. The van der Waals surface area contributed by atoms with Gasteiger partial charge in [-0.1, -0.05) is 13.8 Å². The first-order chi connectivity index (χ1) is 7.17. The smallest absolute Gasteiger partial charge is 0.223 e. The molecule has 0 aliphatic carbocycles. The molecule has 3 heteroatoms. The first kappa shape index (κ1) is 12.5. The second kappa shape index (κ2) is 6.11. The SMILES string of the molecule is CCC(CC)C(=O)NC1CCN(C)CC1. The minimum absolute atomic E-state index is 0.213. The number of carbonyl (C=O) groups is 1. The normalized spacial score (nSPS) is 19.5. The highest BCUT2D eigenvalue weighted by Gasteiger charge is 2.21. The van der Waals surface area contributed by atoms with Gasteiger partial charge in [0.15, 0.2) is 0 Å². The predicted molar refractivity (Wildman–Crippen MR) is 62.7 cm³/mol. The largest absolute Gasteiger partial charge is 0.353 e. The maximum absolute atomic E-state index is 11.8. The van der Waals surface area contributed by atoms with Crippen LogP contribution in [0.5, 0.6) is 0 Å². The molecule has 0 saturated carbocycles. The van der Waals surface area contributed by atoms with Crippen molar-refractivity contribution in [3.8, 4) is 0 Å². The van der Waals surface area contributed by atoms with Crippen LogP contribution in [-0.4, -0.2) is 37.0 Å². The molecule has 88 valence electrons. The van der Waals surface area contributed by atoms with E-state index < -0.39 is 0 Å². The molecule has 1 fully saturated rings. The summed E-state index contributed by atoms with van der Waals surface area (Å²) in [5, 5.41) is 3.18. The van der Waals surface area contributed by atoms with E-state index in [2.05, 4.69) is 31.1 Å². The molecule has 1 rings (SSSR count). The number of nitrogens with zero attached hydrogens (tertiary/aromatic N) is 1. The monoisotopic (exact) mass is 212 g/mol. The van der Waals surface area contributed by atoms with Crippen LogP contribution < -0.4 is 5.32 Å². The highest BCUT2D eigenvalue weighted by atomic mass is 16.1. The van der Waals surface area contributed by atoms with Crippen LogP contribution in [0.2, 0.25) is 0 Å². The van der Waals surface area contributed by atoms with Gasteiger partial charge in [0.05, 0.1) is 0 Å². The van der Waals surface area contributed by atoms with Crippen molar-refractivity contribution < 1.29 is 4.79 Å². The molecule has 1 heterocycles. The Balaban J connectivity index is 2.31. The van der Waals surface area contributed by atoms with Gasteiger partial charge in [0, 0.05) is 12.0 Å². The summed E-state index contributed by atoms with van der Waals surface area (Å²) < 4.78 is 0. The number of nitrogens with one attached hydrogen (secondary N) is 1. The first-order valence-electron chi connectivity index (χ1n) is 6.16. The van der Waals surface area contributed by atoms with Crippen molar-refractivity contribution in [3.63, 3.8) is 0 Å². The number of likely N-dealkylation sites (tertiary alicyclic amines) is 1. The fraction of sp³-hybridized carbons (Fsp3) is 0.917. The molecule has 0 unspecified atom stereocenters. The molecule has 15 heavy (non-hydrogen) atoms. The van der Waals surface area contributed by atoms with E-state index in [1.54, 1.807) is 0 Å². The predicted octanol–water partition coefficient (Wildman–Crippen LogP) is 1.63. The lowest BCUT2D eigenvalue weighted by atomic mass is 10.00. The van der Waals surface area contributed by atoms with Gasteiger partial charge in [-0.25, -0.2) is 0 Å². The van der Waals surface area contributed by atoms with Gasteiger partial charge in [-0.2, -0.15) is 0 Å². The molecular weight excluding hydrogens is 188 g/mol. The molecule has 0 radical (unpaired) electrons. The fourth-order valence-corrected chi connectivity index (χ4v) is 2.13. The van der Waals surface area contributed by atoms with Crippen molar-refractivity contribution in [2.24, 2.45) is 5.92 Å². The second-order valence-electron chi connectivity index (χ2n) is 4.60. The number of hydrogen-bond acceptors (Lipinski definition) is 2. The Labute approximate surface area is 93.2 Å². The highest BCUT2D eigenvalue weighted by Crippen LogP contribution is 2.12. The van der Waals surface area contributed by atoms with Crippen LogP contribution in [0.4, 0.5) is 0 Å². The van der Waals surface area contributed by atoms with E-state index in [1.807, 2.05) is 0 Å². The van der Waals surface area contributed by atoms with Crippen molar-refractivity contribution >= 4 is 5.91 Å². The molecule has 1 aliphatic rings. The molecule has 1 saturated heterocycles. The molecule has 1 aliphatic heterocycles. The van der Waals surface area contributed by atoms with Crippen molar-refractivity contribution in [1.29, 1.82) is 0 Å². The molecule has 0 aromatic rings. The standard InChI is InChI=1S/C12H24N2O/c1-4-10(5-2)12(15)13-11-6-8-14(3)9-7-11/h10-11H,4-9H2,1-3H3,(H,13,15). The molecule has 1 amide bonds. The number of hydrogen-bond donors (Lipinski definition) is 1. The zero-order chi connectivity index (χ0) is 11.3. The minimum atomic E-state index is 0.213. The van der Waals surface area contributed by atoms with Crippen LogP contribution in [-0.2, 0) is 4.79 Å². The highest BCUT2D eigenvalue weighted by molar-refractivity contribution is 5.78. The lowest BCUT2D eigenvalue weighted by Gasteiger charge is -2.30. The van der Waals surface area contributed by atoms with E-state index in [-0.39, 0.29) is 11.8 Å². The molecule has 0 aromatic carbocycles. The summed E-state index contributed by atoms with van der Waals surface area (Å²) in [6.07, 6.45) is 4.11. The molecular formula is C12H24N2O. The summed E-state index contributed by atoms with van der Waals surface area (Å²) in [7, 11) is 2.14. The number of piperidine rings is 1. The summed E-state index contributed by atoms with van der Waals surface area (Å²) in [6.45, 7) is 6.38. The summed E-state index contributed by atoms with van der Waals surface area (Å²) >= 11 is 0. The van der Waals surface area contributed by atoms with E-state index in [9.17, 15) is 4.79 Å². The van der Waals surface area contributed by atoms with Crippen molar-refractivity contribution in [2.45, 2.75) is 45.6 Å². The Kier molecular flexibility index (Phi) is 5.09. The van der Waals surface area contributed by atoms with E-state index in [0.29, 0.717) is 6.04 Å². The van der Waals surface area contributed by atoms with Crippen LogP contribution in [0.25, 0.3) is 0 Å². The molecule has 0 bridgehead atoms. The Hall–Kier alpha value is -0.570. The molecule has 0 spiro atoms. The fourth-order valence-electron chi connectivity index (χ4n) is 2.13. The van der Waals surface area contributed by atoms with E-state index in [1.165, 1.54) is 0 Å². The third kappa shape index (κ3) is 3.82. The van der Waals surface area contributed by atoms with Gasteiger partial charge in [-0.05, 0) is 45.8 Å². The van der Waals surface area contributed by atoms with Crippen molar-refractivity contribution in [3.05, 3.63) is 0 Å².